The molecule has 6 nitrogen and oxygen atoms in total. The Morgan fingerprint density at radius 3 is 2.83 bits per heavy atom. The Morgan fingerprint density at radius 2 is 2.17 bits per heavy atom. The molecule has 100 valence electrons. The number of carbonyl (C=O) groups is 1. The molecule has 0 saturated carbocycles. The van der Waals surface area contributed by atoms with Crippen molar-refractivity contribution in [1.82, 2.24) is 15.1 Å². The number of guanidine groups is 1. The van der Waals surface area contributed by atoms with Gasteiger partial charge in [0.15, 0.2) is 11.6 Å². The van der Waals surface area contributed by atoms with Crippen LogP contribution in [0.1, 0.15) is 27.2 Å². The van der Waals surface area contributed by atoms with Gasteiger partial charge in [0, 0.05) is 13.1 Å². The first kappa shape index (κ1) is 11.8. The van der Waals surface area contributed by atoms with Gasteiger partial charge in [0.05, 0.1) is 6.04 Å². The first-order chi connectivity index (χ1) is 8.44. The molecule has 1 amide bonds. The standard InChI is InChI=1S/C12H21N5O/c1-7(2)6-8-9(18)16-4-5-17-11(13)15-10(14-8)12(16,17)3/h7-8,10,14H,4-6H2,1-3H3,(H2,13,15)/t8-,10-,12+/m0/s1. The van der Waals surface area contributed by atoms with Crippen molar-refractivity contribution in [3.05, 3.63) is 0 Å². The second-order valence-electron chi connectivity index (χ2n) is 5.97. The van der Waals surface area contributed by atoms with E-state index in [2.05, 4.69) is 24.2 Å². The molecule has 0 radical (unpaired) electrons. The van der Waals surface area contributed by atoms with Crippen molar-refractivity contribution in [2.75, 3.05) is 13.1 Å². The number of nitrogens with zero attached hydrogens (tertiary/aromatic N) is 3. The van der Waals surface area contributed by atoms with Crippen LogP contribution < -0.4 is 11.1 Å². The normalized spacial score (nSPS) is 38.4. The van der Waals surface area contributed by atoms with E-state index in [1.54, 1.807) is 0 Å². The Kier molecular flexibility index (Phi) is 2.35. The maximum atomic E-state index is 12.5. The van der Waals surface area contributed by atoms with Crippen LogP contribution in [0.4, 0.5) is 0 Å². The fraction of sp³-hybridized carbons (Fsp3) is 0.833. The van der Waals surface area contributed by atoms with Crippen molar-refractivity contribution in [2.24, 2.45) is 16.6 Å². The van der Waals surface area contributed by atoms with E-state index in [0.717, 1.165) is 19.5 Å². The van der Waals surface area contributed by atoms with E-state index in [4.69, 9.17) is 5.73 Å². The van der Waals surface area contributed by atoms with Gasteiger partial charge in [0.2, 0.25) is 5.91 Å². The fourth-order valence-corrected chi connectivity index (χ4v) is 3.38. The van der Waals surface area contributed by atoms with Crippen molar-refractivity contribution in [3.63, 3.8) is 0 Å². The highest BCUT2D eigenvalue weighted by molar-refractivity contribution is 5.89. The lowest BCUT2D eigenvalue weighted by Crippen LogP contribution is -2.70. The largest absolute Gasteiger partial charge is 0.370 e. The highest BCUT2D eigenvalue weighted by Gasteiger charge is 2.60. The zero-order valence-corrected chi connectivity index (χ0v) is 11.2. The van der Waals surface area contributed by atoms with Gasteiger partial charge in [-0.1, -0.05) is 13.8 Å². The average Bonchev–Trinajstić information content (AvgIpc) is 2.73. The molecule has 3 aliphatic rings. The monoisotopic (exact) mass is 251 g/mol. The number of piperazine rings is 1. The molecular formula is C12H21N5O. The summed E-state index contributed by atoms with van der Waals surface area (Å²) in [6.45, 7) is 7.84. The first-order valence-corrected chi connectivity index (χ1v) is 6.63. The van der Waals surface area contributed by atoms with Crippen molar-refractivity contribution in [3.8, 4) is 0 Å². The molecule has 3 N–H and O–H groups in total. The summed E-state index contributed by atoms with van der Waals surface area (Å²) in [7, 11) is 0. The molecule has 0 aromatic rings. The van der Waals surface area contributed by atoms with Crippen LogP contribution in [0.25, 0.3) is 0 Å². The summed E-state index contributed by atoms with van der Waals surface area (Å²) in [5.41, 5.74) is 5.56. The van der Waals surface area contributed by atoms with Crippen LogP contribution in [-0.2, 0) is 4.79 Å². The predicted molar refractivity (Wildman–Crippen MR) is 68.6 cm³/mol. The Bertz CT molecular complexity index is 421. The number of carbonyl (C=O) groups excluding carboxylic acids is 1. The summed E-state index contributed by atoms with van der Waals surface area (Å²) >= 11 is 0. The minimum absolute atomic E-state index is 0.0959. The summed E-state index contributed by atoms with van der Waals surface area (Å²) in [6.07, 6.45) is 0.749. The van der Waals surface area contributed by atoms with E-state index >= 15 is 0 Å². The third kappa shape index (κ3) is 1.32. The lowest BCUT2D eigenvalue weighted by Gasteiger charge is -2.46. The highest BCUT2D eigenvalue weighted by Crippen LogP contribution is 2.38. The number of nitrogens with two attached hydrogens (primary N) is 1. The second kappa shape index (κ2) is 3.60. The molecule has 2 fully saturated rings. The van der Waals surface area contributed by atoms with Crippen LogP contribution >= 0.6 is 0 Å². The SMILES string of the molecule is CC(C)C[C@@H]1N[C@H]2N=C(N)N3CCN(C1=O)[C@@]23C. The third-order valence-electron chi connectivity index (χ3n) is 4.33. The minimum atomic E-state index is -0.394. The van der Waals surface area contributed by atoms with E-state index in [-0.39, 0.29) is 18.1 Å². The molecule has 0 unspecified atom stereocenters. The topological polar surface area (TPSA) is 74.0 Å². The van der Waals surface area contributed by atoms with Crippen molar-refractivity contribution in [1.29, 1.82) is 0 Å². The van der Waals surface area contributed by atoms with E-state index in [1.807, 2.05) is 16.7 Å². The second-order valence-corrected chi connectivity index (χ2v) is 5.97. The molecule has 3 aliphatic heterocycles. The number of aliphatic imine (C=N–C) groups is 1. The zero-order valence-electron chi connectivity index (χ0n) is 11.2. The van der Waals surface area contributed by atoms with Gasteiger partial charge in [0.25, 0.3) is 0 Å². The number of hydrogen-bond acceptors (Lipinski definition) is 5. The van der Waals surface area contributed by atoms with Crippen LogP contribution in [0, 0.1) is 5.92 Å². The Morgan fingerprint density at radius 1 is 1.50 bits per heavy atom. The number of rotatable bonds is 2. The van der Waals surface area contributed by atoms with Gasteiger partial charge in [-0.25, -0.2) is 4.99 Å². The van der Waals surface area contributed by atoms with Crippen LogP contribution in [0.2, 0.25) is 0 Å². The molecule has 0 aromatic carbocycles. The molecule has 3 rings (SSSR count). The van der Waals surface area contributed by atoms with Gasteiger partial charge in [0.1, 0.15) is 6.17 Å². The van der Waals surface area contributed by atoms with Gasteiger partial charge in [-0.3, -0.25) is 10.1 Å². The predicted octanol–water partition coefficient (Wildman–Crippen LogP) is -0.481. The Hall–Kier alpha value is -1.30. The van der Waals surface area contributed by atoms with E-state index < -0.39 is 5.66 Å². The van der Waals surface area contributed by atoms with E-state index in [0.29, 0.717) is 11.9 Å². The molecule has 0 bridgehead atoms. The summed E-state index contributed by atoms with van der Waals surface area (Å²) in [6, 6.07) is -0.127. The Balaban J connectivity index is 1.92. The zero-order chi connectivity index (χ0) is 13.1. The summed E-state index contributed by atoms with van der Waals surface area (Å²) < 4.78 is 0. The minimum Gasteiger partial charge on any atom is -0.370 e. The van der Waals surface area contributed by atoms with Crippen LogP contribution in [0.5, 0.6) is 0 Å². The van der Waals surface area contributed by atoms with Crippen LogP contribution in [-0.4, -0.2) is 52.6 Å². The molecule has 0 aliphatic carbocycles. The molecule has 18 heavy (non-hydrogen) atoms. The summed E-state index contributed by atoms with van der Waals surface area (Å²) in [5.74, 6) is 1.22. The van der Waals surface area contributed by atoms with Gasteiger partial charge < -0.3 is 15.5 Å². The number of nitrogens with one attached hydrogen (secondary N) is 1. The highest BCUT2D eigenvalue weighted by atomic mass is 16.2. The smallest absolute Gasteiger partial charge is 0.241 e. The van der Waals surface area contributed by atoms with Crippen molar-refractivity contribution < 1.29 is 4.79 Å². The quantitative estimate of drug-likeness (QED) is 0.695. The lowest BCUT2D eigenvalue weighted by molar-refractivity contribution is -0.147. The van der Waals surface area contributed by atoms with E-state index in [9.17, 15) is 4.79 Å². The van der Waals surface area contributed by atoms with Gasteiger partial charge >= 0.3 is 0 Å². The van der Waals surface area contributed by atoms with Gasteiger partial charge in [-0.2, -0.15) is 0 Å². The number of hydrogen-bond donors (Lipinski definition) is 2. The van der Waals surface area contributed by atoms with Crippen LogP contribution in [0.3, 0.4) is 0 Å². The van der Waals surface area contributed by atoms with E-state index in [1.165, 1.54) is 0 Å². The maximum Gasteiger partial charge on any atom is 0.241 e. The summed E-state index contributed by atoms with van der Waals surface area (Å²) in [4.78, 5) is 21.0. The molecule has 0 spiro atoms. The van der Waals surface area contributed by atoms with Gasteiger partial charge in [-0.15, -0.1) is 0 Å². The average molecular weight is 251 g/mol. The van der Waals surface area contributed by atoms with Crippen molar-refractivity contribution >= 4 is 11.9 Å². The van der Waals surface area contributed by atoms with Crippen molar-refractivity contribution in [2.45, 2.75) is 45.1 Å². The molecule has 2 saturated heterocycles. The molecule has 0 aromatic heterocycles. The Labute approximate surface area is 107 Å². The molecule has 3 heterocycles. The van der Waals surface area contributed by atoms with Crippen LogP contribution in [0.15, 0.2) is 4.99 Å². The third-order valence-corrected chi connectivity index (χ3v) is 4.33. The summed E-state index contributed by atoms with van der Waals surface area (Å²) in [5, 5.41) is 3.37. The first-order valence-electron chi connectivity index (χ1n) is 6.63. The maximum absolute atomic E-state index is 12.5. The lowest BCUT2D eigenvalue weighted by atomic mass is 9.96. The van der Waals surface area contributed by atoms with Gasteiger partial charge in [-0.05, 0) is 19.3 Å². The molecule has 6 heteroatoms. The molecular weight excluding hydrogens is 230 g/mol. The molecule has 3 atom stereocenters. The number of amides is 1. The fourth-order valence-electron chi connectivity index (χ4n) is 3.38.